The minimum atomic E-state index is -2.46. The van der Waals surface area contributed by atoms with Gasteiger partial charge in [0.1, 0.15) is 7.38 Å². The Labute approximate surface area is 648 Å². The van der Waals surface area contributed by atoms with Crippen LogP contribution in [0, 0.1) is 0 Å². The molecule has 0 heterocycles. The zero-order chi connectivity index (χ0) is 78.9. The maximum Gasteiger partial charge on any atom is 0.249 e. The fourth-order valence-corrected chi connectivity index (χ4v) is 28.2. The van der Waals surface area contributed by atoms with Crippen molar-refractivity contribution >= 4 is 177 Å². The van der Waals surface area contributed by atoms with E-state index in [1.165, 1.54) is 20.7 Å². The molecule has 0 aliphatic heterocycles. The fourth-order valence-electron chi connectivity index (χ4n) is 7.76. The van der Waals surface area contributed by atoms with Crippen molar-refractivity contribution in [2.75, 3.05) is 14.2 Å². The van der Waals surface area contributed by atoms with Crippen LogP contribution in [0.1, 0.15) is 0 Å². The van der Waals surface area contributed by atoms with Crippen molar-refractivity contribution in [1.29, 1.82) is 0 Å². The van der Waals surface area contributed by atoms with Gasteiger partial charge in [0, 0.05) is 14.2 Å². The third-order valence-corrected chi connectivity index (χ3v) is 42.4. The van der Waals surface area contributed by atoms with Gasteiger partial charge in [0.25, 0.3) is 0 Å². The zero-order valence-electron chi connectivity index (χ0n) is 66.5. The predicted molar refractivity (Wildman–Crippen MR) is 492 cm³/mol. The number of hydrogen-bond donors (Lipinski definition) is 2. The van der Waals surface area contributed by atoms with E-state index < -0.39 is 96.1 Å². The standard InChI is InChI=1S/C18H22OSi2.C13H14OSi.C9H11ClSi.C9H14OSi.C9H12OSi.C6H18OSi2.2C4H9ClSi.C4H12OSi.C3H9ClSi/c1-5-20(3,17-13-9-7-10-14-17)19-21(4,6-2)18-15-11-8-12-16-18;1-15(14,12-8-4-2-5-9-12)13-10-6-3-7-11-13;1-3-11(2,10)9-7-5-4-6-8-9;1-10-11(2,3)9-7-5-4-6-8-9;1-3-11(2,10)9-7-5-4-6-8-9;1-8(2,3)7-9(4,5)6;2*1-4-6(2,3)5;1-5-6(2,3)4;1-5(2,3)4/h5-16H,1-2H2,3-4H3;2-11,14H,1H3;3-8H,1H2,2H3;4-8H,1-3H3;3-8,10H,1H2,2H3;1-6H3;2*4H,1H2,2-3H3;1-4H3;1-3H3. The van der Waals surface area contributed by atoms with Gasteiger partial charge in [0.2, 0.25) is 49.0 Å². The molecule has 0 aliphatic rings. The first-order valence-electron chi connectivity index (χ1n) is 34.1. The minimum absolute atomic E-state index is 1.01. The Bertz CT molecular complexity index is 3150. The van der Waals surface area contributed by atoms with Crippen LogP contribution in [0.5, 0.6) is 0 Å². The van der Waals surface area contributed by atoms with E-state index in [1.54, 1.807) is 19.9 Å². The van der Waals surface area contributed by atoms with Crippen molar-refractivity contribution in [2.24, 2.45) is 0 Å². The lowest BCUT2D eigenvalue weighted by Gasteiger charge is -2.35. The summed E-state index contributed by atoms with van der Waals surface area (Å²) in [7, 11) is -16.4. The molecule has 2 N–H and O–H groups in total. The van der Waals surface area contributed by atoms with Crippen LogP contribution in [0.2, 0.25) is 151 Å². The van der Waals surface area contributed by atoms with Crippen LogP contribution in [0.4, 0.5) is 0 Å². The molecule has 0 radical (unpaired) electrons. The molecule has 101 heavy (non-hydrogen) atoms. The first-order chi connectivity index (χ1) is 46.1. The maximum atomic E-state index is 10.6. The van der Waals surface area contributed by atoms with Crippen LogP contribution >= 0.6 is 44.3 Å². The smallest absolute Gasteiger partial charge is 0.249 e. The molecule has 0 amide bonds. The lowest BCUT2D eigenvalue weighted by atomic mass is 10.4. The van der Waals surface area contributed by atoms with Gasteiger partial charge in [-0.3, -0.25) is 0 Å². The minimum Gasteiger partial charge on any atom is -0.456 e. The zero-order valence-corrected chi connectivity index (χ0v) is 81.5. The number of halogens is 4. The third kappa shape index (κ3) is 50.6. The summed E-state index contributed by atoms with van der Waals surface area (Å²) in [4.78, 5) is 20.4. The van der Waals surface area contributed by atoms with E-state index >= 15 is 0 Å². The van der Waals surface area contributed by atoms with Gasteiger partial charge in [-0.05, 0) is 141 Å². The van der Waals surface area contributed by atoms with Gasteiger partial charge in [-0.1, -0.05) is 292 Å². The SMILES string of the molecule is C=C[Si](C)(C)Cl.C=C[Si](C)(C)Cl.C=C[Si](C)(Cl)c1ccccc1.C=C[Si](C)(O)c1ccccc1.C=C[Si](C)(O[Si](C)(C=C)c1ccccc1)c1ccccc1.CO[Si](C)(C)C.CO[Si](C)(C)c1ccccc1.C[Si](C)(C)Cl.C[Si](C)(C)O[Si](C)(C)C.C[Si](O)(c1ccccc1)c1ccccc1. The van der Waals surface area contributed by atoms with Gasteiger partial charge in [-0.2, -0.15) is 44.3 Å². The molecule has 22 heteroatoms. The summed E-state index contributed by atoms with van der Waals surface area (Å²) in [6.45, 7) is 71.6. The normalized spacial score (nSPS) is 13.6. The first-order valence-corrected chi connectivity index (χ1v) is 73.4. The Morgan fingerprint density at radius 3 is 0.673 bits per heavy atom. The van der Waals surface area contributed by atoms with Gasteiger partial charge in [0.05, 0.1) is 0 Å². The van der Waals surface area contributed by atoms with Crippen LogP contribution in [0.15, 0.2) is 286 Å². The Morgan fingerprint density at radius 2 is 0.495 bits per heavy atom. The Balaban J connectivity index is -0.00000109. The average molecular weight is 1650 g/mol. The van der Waals surface area contributed by atoms with Crippen molar-refractivity contribution in [1.82, 2.24) is 0 Å². The molecule has 0 fully saturated rings. The third-order valence-electron chi connectivity index (χ3n) is 14.2. The van der Waals surface area contributed by atoms with Crippen LogP contribution in [-0.4, -0.2) is 120 Å². The van der Waals surface area contributed by atoms with E-state index in [1.807, 2.05) is 195 Å². The summed E-state index contributed by atoms with van der Waals surface area (Å²) in [6.07, 6.45) is 0. The van der Waals surface area contributed by atoms with Gasteiger partial charge < -0.3 is 26.7 Å². The lowest BCUT2D eigenvalue weighted by molar-refractivity contribution is 0.411. The number of benzene rings is 7. The van der Waals surface area contributed by atoms with Crippen molar-refractivity contribution in [3.05, 3.63) is 286 Å². The molecule has 7 rings (SSSR count). The van der Waals surface area contributed by atoms with Crippen molar-refractivity contribution in [3.8, 4) is 0 Å². The molecule has 558 valence electrons. The van der Waals surface area contributed by atoms with Gasteiger partial charge >= 0.3 is 0 Å². The molecular weight excluding hydrogens is 1520 g/mol. The monoisotopic (exact) mass is 1650 g/mol. The highest BCUT2D eigenvalue weighted by molar-refractivity contribution is 7.29. The molecule has 0 aliphatic carbocycles. The molecule has 4 atom stereocenters. The van der Waals surface area contributed by atoms with Crippen molar-refractivity contribution < 1.29 is 26.7 Å². The highest BCUT2D eigenvalue weighted by Crippen LogP contribution is 2.18. The fraction of sp³-hybridized carbons (Fsp3) is 0.316. The number of hydrogen-bond acceptors (Lipinski definition) is 6. The van der Waals surface area contributed by atoms with Crippen LogP contribution < -0.4 is 36.3 Å². The topological polar surface area (TPSA) is 77.4 Å². The summed E-state index contributed by atoms with van der Waals surface area (Å²) >= 11 is 23.4. The summed E-state index contributed by atoms with van der Waals surface area (Å²) < 4.78 is 23.2. The molecule has 0 bridgehead atoms. The molecule has 0 spiro atoms. The van der Waals surface area contributed by atoms with E-state index in [-0.39, 0.29) is 0 Å². The van der Waals surface area contributed by atoms with E-state index in [0.29, 0.717) is 0 Å². The van der Waals surface area contributed by atoms with E-state index in [9.17, 15) is 9.59 Å². The second-order valence-electron chi connectivity index (χ2n) is 30.0. The lowest BCUT2D eigenvalue weighted by Crippen LogP contribution is -2.59. The van der Waals surface area contributed by atoms with Crippen LogP contribution in [0.25, 0.3) is 0 Å². The average Bonchev–Trinajstić information content (AvgIpc) is 0.800. The van der Waals surface area contributed by atoms with Crippen molar-refractivity contribution in [2.45, 2.75) is 151 Å². The first kappa shape index (κ1) is 102. The Hall–Kier alpha value is -3.50. The Kier molecular flexibility index (Phi) is 49.0. The van der Waals surface area contributed by atoms with Gasteiger partial charge in [-0.15, -0.1) is 39.5 Å². The molecule has 7 aromatic carbocycles. The van der Waals surface area contributed by atoms with E-state index in [0.717, 1.165) is 15.6 Å². The van der Waals surface area contributed by atoms with E-state index in [4.69, 9.17) is 61.4 Å². The summed E-state index contributed by atoms with van der Waals surface area (Å²) in [5.41, 5.74) is 11.3. The van der Waals surface area contributed by atoms with Gasteiger partial charge in [0.15, 0.2) is 39.7 Å². The maximum absolute atomic E-state index is 10.6. The molecule has 7 aromatic rings. The van der Waals surface area contributed by atoms with Crippen molar-refractivity contribution in [3.63, 3.8) is 0 Å². The second-order valence-corrected chi connectivity index (χ2v) is 87.6. The quantitative estimate of drug-likeness (QED) is 0.0621. The molecule has 0 saturated carbocycles. The Morgan fingerprint density at radius 1 is 0.277 bits per heavy atom. The van der Waals surface area contributed by atoms with E-state index in [2.05, 4.69) is 236 Å². The highest BCUT2D eigenvalue weighted by Gasteiger charge is 2.39. The number of rotatable bonds is 19. The summed E-state index contributed by atoms with van der Waals surface area (Å²) in [5.74, 6) is 0. The second kappa shape index (κ2) is 48.7. The largest absolute Gasteiger partial charge is 0.456 e. The summed E-state index contributed by atoms with van der Waals surface area (Å²) in [5, 5.41) is 8.18. The van der Waals surface area contributed by atoms with Crippen LogP contribution in [-0.2, 0) is 17.1 Å². The predicted octanol–water partition coefficient (Wildman–Crippen LogP) is 20.7. The molecule has 4 unspecified atom stereocenters. The molecular formula is C79H130Cl4O6Si12. The highest BCUT2D eigenvalue weighted by atomic mass is 35.6. The molecule has 0 saturated heterocycles. The van der Waals surface area contributed by atoms with Gasteiger partial charge in [-0.25, -0.2) is 0 Å². The molecule has 0 aromatic heterocycles. The summed E-state index contributed by atoms with van der Waals surface area (Å²) in [6, 6.07) is 70.9. The van der Waals surface area contributed by atoms with Crippen LogP contribution in [0.3, 0.4) is 0 Å². The molecule has 6 nitrogen and oxygen atoms in total.